The summed E-state index contributed by atoms with van der Waals surface area (Å²) in [6.07, 6.45) is 0. The lowest BCUT2D eigenvalue weighted by Crippen LogP contribution is -2.30. The maximum Gasteiger partial charge on any atom is 0.301 e. The highest BCUT2D eigenvalue weighted by Gasteiger charge is 2.49. The zero-order chi connectivity index (χ0) is 24.6. The molecule has 1 atom stereocenters. The van der Waals surface area contributed by atoms with Crippen LogP contribution in [-0.2, 0) is 9.59 Å². The second-order valence-corrected chi connectivity index (χ2v) is 7.80. The number of aliphatic hydroxyl groups excluding tert-OH is 1. The quantitative estimate of drug-likeness (QED) is 0.313. The van der Waals surface area contributed by atoms with Crippen molar-refractivity contribution >= 4 is 34.9 Å². The molecule has 0 unspecified atom stereocenters. The fraction of sp³-hybridized carbons (Fsp3) is 0.208. The van der Waals surface area contributed by atoms with Crippen molar-refractivity contribution < 1.29 is 33.4 Å². The van der Waals surface area contributed by atoms with Crippen molar-refractivity contribution in [2.45, 2.75) is 13.0 Å². The molecule has 3 aromatic rings. The monoisotopic (exact) mass is 484 g/mol. The lowest BCUT2D eigenvalue weighted by atomic mass is 9.94. The largest absolute Gasteiger partial charge is 0.507 e. The Morgan fingerprint density at radius 1 is 1.06 bits per heavy atom. The van der Waals surface area contributed by atoms with E-state index in [-0.39, 0.29) is 22.0 Å². The molecule has 0 bridgehead atoms. The van der Waals surface area contributed by atoms with E-state index in [1.165, 1.54) is 39.5 Å². The number of carbonyl (C=O) groups excluding carboxylic acids is 2. The number of Topliss-reactive ketones (excluding diaryl/α,β-unsaturated/α-hetero) is 1. The van der Waals surface area contributed by atoms with Crippen LogP contribution < -0.4 is 19.1 Å². The van der Waals surface area contributed by atoms with Gasteiger partial charge in [0.1, 0.15) is 23.3 Å². The Balaban J connectivity index is 2.00. The number of hydrogen-bond donors (Lipinski definition) is 1. The summed E-state index contributed by atoms with van der Waals surface area (Å²) in [4.78, 5) is 27.6. The predicted octanol–water partition coefficient (Wildman–Crippen LogP) is 4.29. The van der Waals surface area contributed by atoms with Gasteiger partial charge in [-0.15, -0.1) is 0 Å². The van der Waals surface area contributed by atoms with Crippen LogP contribution in [0, 0.1) is 6.92 Å². The van der Waals surface area contributed by atoms with Crippen molar-refractivity contribution in [3.63, 3.8) is 0 Å². The highest BCUT2D eigenvalue weighted by atomic mass is 35.5. The number of halogens is 1. The Kier molecular flexibility index (Phi) is 6.21. The van der Waals surface area contributed by atoms with Crippen molar-refractivity contribution in [2.75, 3.05) is 26.2 Å². The van der Waals surface area contributed by atoms with E-state index >= 15 is 0 Å². The van der Waals surface area contributed by atoms with Crippen LogP contribution in [0.15, 0.2) is 52.6 Å². The van der Waals surface area contributed by atoms with Crippen molar-refractivity contribution in [1.29, 1.82) is 0 Å². The van der Waals surface area contributed by atoms with Gasteiger partial charge in [0.25, 0.3) is 5.78 Å². The number of hydrogen-bond acceptors (Lipinski definition) is 8. The zero-order valence-corrected chi connectivity index (χ0v) is 19.5. The highest BCUT2D eigenvalue weighted by molar-refractivity contribution is 6.51. The Hall–Kier alpha value is -3.98. The summed E-state index contributed by atoms with van der Waals surface area (Å²) in [7, 11) is 4.37. The zero-order valence-electron chi connectivity index (χ0n) is 18.8. The molecule has 1 fully saturated rings. The van der Waals surface area contributed by atoms with Crippen LogP contribution >= 0.6 is 11.6 Å². The summed E-state index contributed by atoms with van der Waals surface area (Å²) in [6, 6.07) is 10.0. The average molecular weight is 485 g/mol. The molecule has 0 radical (unpaired) electrons. The van der Waals surface area contributed by atoms with E-state index < -0.39 is 23.5 Å². The first-order valence-corrected chi connectivity index (χ1v) is 10.5. The Bertz CT molecular complexity index is 1310. The number of anilines is 1. The molecule has 2 aromatic carbocycles. The molecule has 1 aliphatic rings. The topological polar surface area (TPSA) is 111 Å². The number of rotatable bonds is 6. The van der Waals surface area contributed by atoms with Crippen LogP contribution in [0.4, 0.5) is 5.82 Å². The molecule has 1 amide bonds. The van der Waals surface area contributed by atoms with E-state index in [9.17, 15) is 14.7 Å². The van der Waals surface area contributed by atoms with E-state index in [1.807, 2.05) is 0 Å². The second kappa shape index (κ2) is 9.11. The lowest BCUT2D eigenvalue weighted by Gasteiger charge is -2.25. The van der Waals surface area contributed by atoms with Crippen LogP contribution in [0.25, 0.3) is 5.76 Å². The number of amides is 1. The fourth-order valence-electron chi connectivity index (χ4n) is 3.93. The number of ketones is 1. The molecule has 1 saturated heterocycles. The minimum Gasteiger partial charge on any atom is -0.507 e. The second-order valence-electron chi connectivity index (χ2n) is 7.40. The maximum atomic E-state index is 13.3. The molecule has 1 aliphatic heterocycles. The molecule has 2 heterocycles. The maximum absolute atomic E-state index is 13.3. The van der Waals surface area contributed by atoms with E-state index in [0.717, 1.165) is 4.90 Å². The Morgan fingerprint density at radius 2 is 1.79 bits per heavy atom. The van der Waals surface area contributed by atoms with Gasteiger partial charge in [-0.25, -0.2) is 0 Å². The summed E-state index contributed by atoms with van der Waals surface area (Å²) in [5.41, 5.74) is 0.466. The van der Waals surface area contributed by atoms with Gasteiger partial charge in [-0.1, -0.05) is 28.9 Å². The van der Waals surface area contributed by atoms with Crippen molar-refractivity contribution in [1.82, 2.24) is 5.16 Å². The van der Waals surface area contributed by atoms with Crippen LogP contribution in [-0.4, -0.2) is 43.3 Å². The number of aromatic nitrogens is 1. The minimum atomic E-state index is -1.09. The number of nitrogens with zero attached hydrogens (tertiary/aromatic N) is 2. The molecule has 176 valence electrons. The fourth-order valence-corrected chi connectivity index (χ4v) is 4.18. The molecule has 0 aliphatic carbocycles. The molecule has 10 heteroatoms. The van der Waals surface area contributed by atoms with Gasteiger partial charge in [0.05, 0.1) is 31.9 Å². The molecular weight excluding hydrogens is 464 g/mol. The number of aliphatic hydroxyl groups is 1. The SMILES string of the molecule is COc1ccc(/C(O)=C2\C(=O)C(=O)N(c3cc(C)on3)[C@H]2c2cccc(OC)c2OC)cc1Cl. The first-order chi connectivity index (χ1) is 16.3. The molecule has 1 aromatic heterocycles. The van der Waals surface area contributed by atoms with Gasteiger partial charge in [0.15, 0.2) is 17.3 Å². The molecule has 0 spiro atoms. The highest BCUT2D eigenvalue weighted by Crippen LogP contribution is 2.47. The van der Waals surface area contributed by atoms with Gasteiger partial charge in [-0.05, 0) is 31.2 Å². The van der Waals surface area contributed by atoms with Gasteiger partial charge in [0.2, 0.25) is 0 Å². The van der Waals surface area contributed by atoms with Crippen molar-refractivity contribution in [3.05, 3.63) is 69.9 Å². The van der Waals surface area contributed by atoms with E-state index in [0.29, 0.717) is 28.6 Å². The minimum absolute atomic E-state index is 0.112. The third-order valence-corrected chi connectivity index (χ3v) is 5.76. The number of methoxy groups -OCH3 is 3. The standard InChI is InChI=1S/C24H21ClN2O7/c1-12-10-18(26-34-12)27-20(14-6-5-7-17(32-3)23(14)33-4)19(22(29)24(27)30)21(28)13-8-9-16(31-2)15(25)11-13/h5-11,20,28H,1-4H3/b21-19+/t20-/m0/s1. The third-order valence-electron chi connectivity index (χ3n) is 5.46. The third kappa shape index (κ3) is 3.73. The molecule has 9 nitrogen and oxygen atoms in total. The van der Waals surface area contributed by atoms with Gasteiger partial charge < -0.3 is 23.8 Å². The Labute approximate surface area is 200 Å². The summed E-state index contributed by atoms with van der Waals surface area (Å²) < 4.78 is 21.3. The van der Waals surface area contributed by atoms with Crippen LogP contribution in [0.3, 0.4) is 0 Å². The summed E-state index contributed by atoms with van der Waals surface area (Å²) >= 11 is 6.23. The van der Waals surface area contributed by atoms with Crippen LogP contribution in [0.1, 0.15) is 22.9 Å². The van der Waals surface area contributed by atoms with Crippen LogP contribution in [0.5, 0.6) is 17.2 Å². The number of benzene rings is 2. The van der Waals surface area contributed by atoms with Crippen molar-refractivity contribution in [3.8, 4) is 17.2 Å². The molecule has 34 heavy (non-hydrogen) atoms. The van der Waals surface area contributed by atoms with Crippen molar-refractivity contribution in [2.24, 2.45) is 0 Å². The number of ether oxygens (including phenoxy) is 3. The van der Waals surface area contributed by atoms with E-state index in [2.05, 4.69) is 5.16 Å². The van der Waals surface area contributed by atoms with Gasteiger partial charge in [-0.3, -0.25) is 14.5 Å². The normalized spacial score (nSPS) is 17.2. The average Bonchev–Trinajstić information content (AvgIpc) is 3.38. The predicted molar refractivity (Wildman–Crippen MR) is 124 cm³/mol. The van der Waals surface area contributed by atoms with E-state index in [1.54, 1.807) is 31.2 Å². The number of aryl methyl sites for hydroxylation is 1. The molecule has 4 rings (SSSR count). The van der Waals surface area contributed by atoms with Gasteiger partial charge in [0, 0.05) is 17.2 Å². The first kappa shape index (κ1) is 23.2. The summed E-state index contributed by atoms with van der Waals surface area (Å²) in [6.45, 7) is 1.66. The van der Waals surface area contributed by atoms with E-state index in [4.69, 9.17) is 30.3 Å². The smallest absolute Gasteiger partial charge is 0.301 e. The van der Waals surface area contributed by atoms with Gasteiger partial charge in [-0.2, -0.15) is 0 Å². The lowest BCUT2D eigenvalue weighted by molar-refractivity contribution is -0.132. The summed E-state index contributed by atoms with van der Waals surface area (Å²) in [5.74, 6) is -0.584. The summed E-state index contributed by atoms with van der Waals surface area (Å²) in [5, 5.41) is 15.4. The molecule has 1 N–H and O–H groups in total. The van der Waals surface area contributed by atoms with Gasteiger partial charge >= 0.3 is 5.91 Å². The molecule has 0 saturated carbocycles. The first-order valence-electron chi connectivity index (χ1n) is 10.1. The number of para-hydroxylation sites is 1. The molecular formula is C24H21ClN2O7. The van der Waals surface area contributed by atoms with Crippen LogP contribution in [0.2, 0.25) is 5.02 Å². The number of carbonyl (C=O) groups is 2. The Morgan fingerprint density at radius 3 is 2.38 bits per heavy atom.